The molecule has 3 heteroatoms. The number of hydrogen-bond donors (Lipinski definition) is 0. The second kappa shape index (κ2) is 6.14. The summed E-state index contributed by atoms with van der Waals surface area (Å²) in [7, 11) is 0. The summed E-state index contributed by atoms with van der Waals surface area (Å²) in [5, 5.41) is 0. The maximum atomic E-state index is 11.7. The topological polar surface area (TPSA) is 33.2 Å². The molecule has 0 aliphatic heterocycles. The molecule has 2 aromatic rings. The van der Waals surface area contributed by atoms with Crippen molar-refractivity contribution in [2.45, 2.75) is 20.4 Å². The number of ketones is 1. The minimum Gasteiger partial charge on any atom is -0.352 e. The van der Waals surface area contributed by atoms with Gasteiger partial charge < -0.3 is 4.90 Å². The molecule has 1 aromatic heterocycles. The zero-order chi connectivity index (χ0) is 13.7. The van der Waals surface area contributed by atoms with Gasteiger partial charge in [-0.1, -0.05) is 30.3 Å². The first kappa shape index (κ1) is 13.3. The van der Waals surface area contributed by atoms with Gasteiger partial charge >= 0.3 is 0 Å². The number of hydrogen-bond acceptors (Lipinski definition) is 3. The van der Waals surface area contributed by atoms with Crippen LogP contribution in [0.2, 0.25) is 0 Å². The third kappa shape index (κ3) is 3.19. The fraction of sp³-hybridized carbons (Fsp3) is 0.250. The lowest BCUT2D eigenvalue weighted by Crippen LogP contribution is -2.25. The smallest absolute Gasteiger partial charge is 0.163 e. The van der Waals surface area contributed by atoms with Crippen molar-refractivity contribution < 1.29 is 4.79 Å². The van der Waals surface area contributed by atoms with Crippen molar-refractivity contribution in [1.29, 1.82) is 0 Å². The Morgan fingerprint density at radius 3 is 2.53 bits per heavy atom. The van der Waals surface area contributed by atoms with Gasteiger partial charge in [-0.25, -0.2) is 4.98 Å². The van der Waals surface area contributed by atoms with Gasteiger partial charge in [0, 0.05) is 19.3 Å². The number of carbonyl (C=O) groups excluding carboxylic acids is 1. The Hall–Kier alpha value is -2.16. The highest BCUT2D eigenvalue weighted by Crippen LogP contribution is 2.19. The molecule has 0 saturated heterocycles. The Morgan fingerprint density at radius 1 is 1.16 bits per heavy atom. The van der Waals surface area contributed by atoms with Gasteiger partial charge in [0.05, 0.1) is 5.56 Å². The van der Waals surface area contributed by atoms with Crippen molar-refractivity contribution in [2.24, 2.45) is 0 Å². The average molecular weight is 254 g/mol. The van der Waals surface area contributed by atoms with Crippen molar-refractivity contribution in [3.05, 3.63) is 59.8 Å². The molecule has 0 spiro atoms. The lowest BCUT2D eigenvalue weighted by Gasteiger charge is -2.23. The molecular weight excluding hydrogens is 236 g/mol. The van der Waals surface area contributed by atoms with E-state index in [0.717, 1.165) is 18.9 Å². The summed E-state index contributed by atoms with van der Waals surface area (Å²) in [4.78, 5) is 18.2. The van der Waals surface area contributed by atoms with E-state index in [-0.39, 0.29) is 5.78 Å². The van der Waals surface area contributed by atoms with Crippen molar-refractivity contribution in [3.8, 4) is 0 Å². The molecule has 98 valence electrons. The van der Waals surface area contributed by atoms with E-state index in [1.807, 2.05) is 24.3 Å². The number of pyridine rings is 1. The fourth-order valence-corrected chi connectivity index (χ4v) is 2.06. The van der Waals surface area contributed by atoms with E-state index in [2.05, 4.69) is 28.9 Å². The molecule has 0 N–H and O–H groups in total. The van der Waals surface area contributed by atoms with E-state index in [4.69, 9.17) is 0 Å². The first-order chi connectivity index (χ1) is 9.22. The Kier molecular flexibility index (Phi) is 4.29. The largest absolute Gasteiger partial charge is 0.352 e. The number of nitrogens with zero attached hydrogens (tertiary/aromatic N) is 2. The Morgan fingerprint density at radius 2 is 1.89 bits per heavy atom. The van der Waals surface area contributed by atoms with Gasteiger partial charge in [0.25, 0.3) is 0 Å². The second-order valence-electron chi connectivity index (χ2n) is 4.43. The van der Waals surface area contributed by atoms with Crippen LogP contribution < -0.4 is 4.90 Å². The van der Waals surface area contributed by atoms with Gasteiger partial charge in [0.15, 0.2) is 5.78 Å². The van der Waals surface area contributed by atoms with Crippen LogP contribution in [-0.4, -0.2) is 17.3 Å². The van der Waals surface area contributed by atoms with E-state index in [9.17, 15) is 4.79 Å². The SMILES string of the molecule is CCN(Cc1ccccc1)c1ncccc1C(C)=O. The molecule has 0 atom stereocenters. The van der Waals surface area contributed by atoms with Crippen molar-refractivity contribution in [3.63, 3.8) is 0 Å². The van der Waals surface area contributed by atoms with Gasteiger partial charge in [-0.3, -0.25) is 4.79 Å². The van der Waals surface area contributed by atoms with Crippen LogP contribution in [-0.2, 0) is 6.54 Å². The summed E-state index contributed by atoms with van der Waals surface area (Å²) in [5.74, 6) is 0.816. The molecular formula is C16H18N2O. The molecule has 3 nitrogen and oxygen atoms in total. The average Bonchev–Trinajstić information content (AvgIpc) is 2.46. The Labute approximate surface area is 113 Å². The minimum absolute atomic E-state index is 0.0506. The first-order valence-electron chi connectivity index (χ1n) is 6.47. The molecule has 19 heavy (non-hydrogen) atoms. The van der Waals surface area contributed by atoms with Crippen LogP contribution in [0, 0.1) is 0 Å². The molecule has 0 unspecified atom stereocenters. The van der Waals surface area contributed by atoms with E-state index < -0.39 is 0 Å². The maximum Gasteiger partial charge on any atom is 0.163 e. The van der Waals surface area contributed by atoms with Crippen LogP contribution in [0.25, 0.3) is 0 Å². The number of anilines is 1. The number of aromatic nitrogens is 1. The van der Waals surface area contributed by atoms with E-state index in [1.54, 1.807) is 19.2 Å². The molecule has 1 heterocycles. The minimum atomic E-state index is 0.0506. The Balaban J connectivity index is 2.30. The summed E-state index contributed by atoms with van der Waals surface area (Å²) >= 11 is 0. The van der Waals surface area contributed by atoms with Crippen LogP contribution in [0.5, 0.6) is 0 Å². The van der Waals surface area contributed by atoms with Crippen molar-refractivity contribution in [2.75, 3.05) is 11.4 Å². The van der Waals surface area contributed by atoms with Gasteiger partial charge in [0.1, 0.15) is 5.82 Å². The molecule has 0 bridgehead atoms. The van der Waals surface area contributed by atoms with Gasteiger partial charge in [-0.05, 0) is 31.5 Å². The lowest BCUT2D eigenvalue weighted by atomic mass is 10.1. The predicted molar refractivity (Wildman–Crippen MR) is 77.4 cm³/mol. The summed E-state index contributed by atoms with van der Waals surface area (Å²) in [5.41, 5.74) is 1.89. The van der Waals surface area contributed by atoms with Crippen LogP contribution in [0.4, 0.5) is 5.82 Å². The van der Waals surface area contributed by atoms with Crippen molar-refractivity contribution >= 4 is 11.6 Å². The third-order valence-corrected chi connectivity index (χ3v) is 3.06. The van der Waals surface area contributed by atoms with Crippen LogP contribution in [0.15, 0.2) is 48.7 Å². The van der Waals surface area contributed by atoms with Crippen molar-refractivity contribution in [1.82, 2.24) is 4.98 Å². The molecule has 0 radical (unpaired) electrons. The zero-order valence-corrected chi connectivity index (χ0v) is 11.3. The van der Waals surface area contributed by atoms with Crippen LogP contribution >= 0.6 is 0 Å². The number of Topliss-reactive ketones (excluding diaryl/α,β-unsaturated/α-hetero) is 1. The van der Waals surface area contributed by atoms with E-state index in [0.29, 0.717) is 5.56 Å². The third-order valence-electron chi connectivity index (χ3n) is 3.06. The standard InChI is InChI=1S/C16H18N2O/c1-3-18(12-14-8-5-4-6-9-14)16-15(13(2)19)10-7-11-17-16/h4-11H,3,12H2,1-2H3. The monoisotopic (exact) mass is 254 g/mol. The van der Waals surface area contributed by atoms with Crippen LogP contribution in [0.3, 0.4) is 0 Å². The van der Waals surface area contributed by atoms with Gasteiger partial charge in [-0.2, -0.15) is 0 Å². The summed E-state index contributed by atoms with van der Waals surface area (Å²) in [6.45, 7) is 5.22. The summed E-state index contributed by atoms with van der Waals surface area (Å²) in [6.07, 6.45) is 1.73. The number of carbonyl (C=O) groups is 1. The first-order valence-corrected chi connectivity index (χ1v) is 6.47. The highest BCUT2D eigenvalue weighted by molar-refractivity contribution is 5.98. The normalized spacial score (nSPS) is 10.2. The Bertz CT molecular complexity index is 552. The van der Waals surface area contributed by atoms with E-state index >= 15 is 0 Å². The molecule has 0 aliphatic rings. The maximum absolute atomic E-state index is 11.7. The number of benzene rings is 1. The zero-order valence-electron chi connectivity index (χ0n) is 11.3. The summed E-state index contributed by atoms with van der Waals surface area (Å²) < 4.78 is 0. The molecule has 0 fully saturated rings. The molecule has 0 saturated carbocycles. The molecule has 0 aliphatic carbocycles. The number of rotatable bonds is 5. The molecule has 2 rings (SSSR count). The fourth-order valence-electron chi connectivity index (χ4n) is 2.06. The quantitative estimate of drug-likeness (QED) is 0.767. The molecule has 0 amide bonds. The second-order valence-corrected chi connectivity index (χ2v) is 4.43. The van der Waals surface area contributed by atoms with Gasteiger partial charge in [0.2, 0.25) is 0 Å². The highest BCUT2D eigenvalue weighted by atomic mass is 16.1. The molecule has 1 aromatic carbocycles. The van der Waals surface area contributed by atoms with Gasteiger partial charge in [-0.15, -0.1) is 0 Å². The van der Waals surface area contributed by atoms with E-state index in [1.165, 1.54) is 5.56 Å². The predicted octanol–water partition coefficient (Wildman–Crippen LogP) is 3.31. The lowest BCUT2D eigenvalue weighted by molar-refractivity contribution is 0.101. The highest BCUT2D eigenvalue weighted by Gasteiger charge is 2.14. The summed E-state index contributed by atoms with van der Waals surface area (Å²) in [6, 6.07) is 13.8. The van der Waals surface area contributed by atoms with Crippen LogP contribution in [0.1, 0.15) is 29.8 Å².